The molecular weight excluding hydrogens is 328 g/mol. The fourth-order valence-electron chi connectivity index (χ4n) is 3.28. The van der Waals surface area contributed by atoms with Gasteiger partial charge in [0.25, 0.3) is 0 Å². The van der Waals surface area contributed by atoms with Gasteiger partial charge < -0.3 is 10.2 Å². The molecule has 0 radical (unpaired) electrons. The Hall–Kier alpha value is -1.19. The fraction of sp³-hybridized carbons (Fsp3) is 0.545. The molecule has 1 aliphatic carbocycles. The Morgan fingerprint density at radius 2 is 1.60 bits per heavy atom. The number of aromatic hydroxyl groups is 1. The molecule has 0 aliphatic heterocycles. The van der Waals surface area contributed by atoms with Crippen molar-refractivity contribution in [1.82, 2.24) is 0 Å². The van der Waals surface area contributed by atoms with Crippen LogP contribution in [0.15, 0.2) is 40.3 Å². The first-order valence-corrected chi connectivity index (χ1v) is 9.70. The van der Waals surface area contributed by atoms with E-state index >= 15 is 0 Å². The number of rotatable bonds is 2. The highest BCUT2D eigenvalue weighted by Crippen LogP contribution is 2.51. The predicted octanol–water partition coefficient (Wildman–Crippen LogP) is 6.10. The molecule has 25 heavy (non-hydrogen) atoms. The van der Waals surface area contributed by atoms with Crippen molar-refractivity contribution in [1.29, 1.82) is 0 Å². The maximum Gasteiger partial charge on any atom is 0.140 e. The molecule has 0 spiro atoms. The molecule has 1 unspecified atom stereocenters. The van der Waals surface area contributed by atoms with Gasteiger partial charge in [0, 0.05) is 12.0 Å². The van der Waals surface area contributed by atoms with Crippen LogP contribution in [-0.2, 0) is 5.41 Å². The highest BCUT2D eigenvalue weighted by molar-refractivity contribution is 8.00. The number of benzene rings is 1. The summed E-state index contributed by atoms with van der Waals surface area (Å²) in [6.07, 6.45) is 4.71. The monoisotopic (exact) mass is 360 g/mol. The van der Waals surface area contributed by atoms with Crippen LogP contribution in [0.4, 0.5) is 0 Å². The van der Waals surface area contributed by atoms with Gasteiger partial charge in [-0.25, -0.2) is 0 Å². The average molecular weight is 361 g/mol. The standard InChI is InChI=1S/C22H32O2S/c1-14-9-10-22(24,18(13-14)21(6,7)8)25-17-12-15(2)11-16(19(17)23)20(3,4)5/h9,11-13,23-24H,10H2,1-8H3. The zero-order chi connectivity index (χ0) is 19.2. The van der Waals surface area contributed by atoms with E-state index in [4.69, 9.17) is 0 Å². The number of hydrogen-bond acceptors (Lipinski definition) is 3. The van der Waals surface area contributed by atoms with Crippen molar-refractivity contribution < 1.29 is 10.2 Å². The third-order valence-corrected chi connectivity index (χ3v) is 5.86. The van der Waals surface area contributed by atoms with Crippen LogP contribution < -0.4 is 0 Å². The molecule has 1 aromatic carbocycles. The summed E-state index contributed by atoms with van der Waals surface area (Å²) in [7, 11) is 0. The number of allylic oxidation sites excluding steroid dienone is 2. The predicted molar refractivity (Wildman–Crippen MR) is 108 cm³/mol. The maximum atomic E-state index is 11.5. The number of hydrogen-bond donors (Lipinski definition) is 2. The van der Waals surface area contributed by atoms with Crippen LogP contribution in [0.1, 0.15) is 66.0 Å². The summed E-state index contributed by atoms with van der Waals surface area (Å²) in [5.41, 5.74) is 3.89. The van der Waals surface area contributed by atoms with Gasteiger partial charge in [-0.05, 0) is 41.9 Å². The van der Waals surface area contributed by atoms with Crippen molar-refractivity contribution in [2.75, 3.05) is 0 Å². The number of thioether (sulfide) groups is 1. The van der Waals surface area contributed by atoms with Crippen molar-refractivity contribution in [2.24, 2.45) is 5.41 Å². The molecule has 0 saturated heterocycles. The molecule has 0 heterocycles. The molecule has 0 fully saturated rings. The SMILES string of the molecule is CC1=CCC(O)(Sc2cc(C)cc(C(C)(C)C)c2O)C(C(C)(C)C)=C1. The lowest BCUT2D eigenvalue weighted by atomic mass is 9.78. The molecule has 1 atom stereocenters. The summed E-state index contributed by atoms with van der Waals surface area (Å²) in [6.45, 7) is 16.8. The van der Waals surface area contributed by atoms with Crippen LogP contribution in [-0.4, -0.2) is 15.1 Å². The smallest absolute Gasteiger partial charge is 0.140 e. The van der Waals surface area contributed by atoms with Gasteiger partial charge in [-0.2, -0.15) is 0 Å². The molecule has 0 aromatic heterocycles. The van der Waals surface area contributed by atoms with E-state index < -0.39 is 4.93 Å². The molecule has 138 valence electrons. The molecule has 1 aromatic rings. The zero-order valence-corrected chi connectivity index (χ0v) is 17.6. The van der Waals surface area contributed by atoms with Gasteiger partial charge in [0.15, 0.2) is 0 Å². The minimum Gasteiger partial charge on any atom is -0.506 e. The van der Waals surface area contributed by atoms with Gasteiger partial charge in [0.2, 0.25) is 0 Å². The molecule has 3 heteroatoms. The summed E-state index contributed by atoms with van der Waals surface area (Å²) in [5, 5.41) is 22.4. The van der Waals surface area contributed by atoms with Crippen LogP contribution in [0.3, 0.4) is 0 Å². The van der Waals surface area contributed by atoms with Crippen LogP contribution >= 0.6 is 11.8 Å². The number of aryl methyl sites for hydroxylation is 1. The second-order valence-electron chi connectivity index (χ2n) is 9.26. The van der Waals surface area contributed by atoms with Gasteiger partial charge in [-0.3, -0.25) is 0 Å². The van der Waals surface area contributed by atoms with Gasteiger partial charge >= 0.3 is 0 Å². The maximum absolute atomic E-state index is 11.5. The quantitative estimate of drug-likeness (QED) is 0.626. The average Bonchev–Trinajstić information content (AvgIpc) is 2.43. The van der Waals surface area contributed by atoms with E-state index in [1.165, 1.54) is 17.3 Å². The zero-order valence-electron chi connectivity index (χ0n) is 16.8. The molecule has 0 saturated carbocycles. The molecular formula is C22H32O2S. The van der Waals surface area contributed by atoms with E-state index in [0.29, 0.717) is 6.42 Å². The largest absolute Gasteiger partial charge is 0.506 e. The second kappa shape index (κ2) is 6.51. The summed E-state index contributed by atoms with van der Waals surface area (Å²) in [5.74, 6) is 0.288. The van der Waals surface area contributed by atoms with E-state index in [1.54, 1.807) is 0 Å². The lowest BCUT2D eigenvalue weighted by Crippen LogP contribution is -2.35. The summed E-state index contributed by atoms with van der Waals surface area (Å²) in [4.78, 5) is -0.298. The molecule has 0 bridgehead atoms. The van der Waals surface area contributed by atoms with Gasteiger partial charge in [-0.1, -0.05) is 77.1 Å². The Kier molecular flexibility index (Phi) is 5.24. The van der Waals surface area contributed by atoms with Crippen molar-refractivity contribution in [3.63, 3.8) is 0 Å². The molecule has 2 nitrogen and oxygen atoms in total. The van der Waals surface area contributed by atoms with Crippen molar-refractivity contribution >= 4 is 11.8 Å². The summed E-state index contributed by atoms with van der Waals surface area (Å²) >= 11 is 1.37. The van der Waals surface area contributed by atoms with E-state index in [9.17, 15) is 10.2 Å². The van der Waals surface area contributed by atoms with E-state index in [1.807, 2.05) is 19.1 Å². The van der Waals surface area contributed by atoms with Crippen molar-refractivity contribution in [3.05, 3.63) is 46.6 Å². The Morgan fingerprint density at radius 3 is 2.12 bits per heavy atom. The highest BCUT2D eigenvalue weighted by Gasteiger charge is 2.40. The lowest BCUT2D eigenvalue weighted by Gasteiger charge is -2.39. The van der Waals surface area contributed by atoms with Gasteiger partial charge in [0.05, 0.1) is 4.90 Å². The van der Waals surface area contributed by atoms with Crippen molar-refractivity contribution in [3.8, 4) is 5.75 Å². The van der Waals surface area contributed by atoms with Crippen LogP contribution in [0, 0.1) is 12.3 Å². The van der Waals surface area contributed by atoms with Crippen molar-refractivity contribution in [2.45, 2.75) is 77.1 Å². The van der Waals surface area contributed by atoms with E-state index in [0.717, 1.165) is 21.6 Å². The second-order valence-corrected chi connectivity index (χ2v) is 10.6. The van der Waals surface area contributed by atoms with E-state index in [-0.39, 0.29) is 16.6 Å². The van der Waals surface area contributed by atoms with Crippen LogP contribution in [0.25, 0.3) is 0 Å². The number of phenolic OH excluding ortho intramolecular Hbond substituents is 1. The van der Waals surface area contributed by atoms with E-state index in [2.05, 4.69) is 60.6 Å². The summed E-state index contributed by atoms with van der Waals surface area (Å²) < 4.78 is 0. The molecule has 2 N–H and O–H groups in total. The minimum atomic E-state index is -1.04. The molecule has 2 rings (SSSR count). The first kappa shape index (κ1) is 20.1. The topological polar surface area (TPSA) is 40.5 Å². The lowest BCUT2D eigenvalue weighted by molar-refractivity contribution is 0.151. The normalized spacial score (nSPS) is 21.8. The third-order valence-electron chi connectivity index (χ3n) is 4.61. The highest BCUT2D eigenvalue weighted by atomic mass is 32.2. The molecule has 1 aliphatic rings. The van der Waals surface area contributed by atoms with Gasteiger partial charge in [-0.15, -0.1) is 0 Å². The first-order chi connectivity index (χ1) is 11.2. The Balaban J connectivity index is 2.52. The minimum absolute atomic E-state index is 0.149. The van der Waals surface area contributed by atoms with Crippen LogP contribution in [0.5, 0.6) is 5.75 Å². The Bertz CT molecular complexity index is 730. The summed E-state index contributed by atoms with van der Waals surface area (Å²) in [6, 6.07) is 4.01. The third kappa shape index (κ3) is 4.32. The Labute approximate surface area is 157 Å². The molecule has 0 amide bonds. The van der Waals surface area contributed by atoms with Gasteiger partial charge in [0.1, 0.15) is 10.7 Å². The first-order valence-electron chi connectivity index (χ1n) is 8.89. The Morgan fingerprint density at radius 1 is 1.00 bits per heavy atom. The number of aliphatic hydroxyl groups is 1. The van der Waals surface area contributed by atoms with Crippen LogP contribution in [0.2, 0.25) is 0 Å². The number of phenols is 1. The fourth-order valence-corrected chi connectivity index (χ4v) is 4.74.